The van der Waals surface area contributed by atoms with Crippen LogP contribution in [0.1, 0.15) is 16.1 Å². The fourth-order valence-electron chi connectivity index (χ4n) is 1.43. The van der Waals surface area contributed by atoms with Crippen LogP contribution in [0.15, 0.2) is 34.7 Å². The van der Waals surface area contributed by atoms with Gasteiger partial charge in [-0.3, -0.25) is 0 Å². The Hall–Kier alpha value is -1.94. The number of aromatic carboxylic acids is 1. The number of halogens is 1. The first-order valence-electron chi connectivity index (χ1n) is 4.93. The van der Waals surface area contributed by atoms with Gasteiger partial charge < -0.3 is 14.8 Å². The summed E-state index contributed by atoms with van der Waals surface area (Å²) in [5.41, 5.74) is 1.66. The molecule has 17 heavy (non-hydrogen) atoms. The van der Waals surface area contributed by atoms with Crippen LogP contribution in [0.25, 0.3) is 0 Å². The molecule has 1 aromatic carbocycles. The summed E-state index contributed by atoms with van der Waals surface area (Å²) >= 11 is 6.03. The van der Waals surface area contributed by atoms with E-state index in [2.05, 4.69) is 5.32 Å². The summed E-state index contributed by atoms with van der Waals surface area (Å²) in [5.74, 6) is -0.871. The second-order valence-corrected chi connectivity index (χ2v) is 3.93. The molecular weight excluding hydrogens is 242 g/mol. The van der Waals surface area contributed by atoms with Crippen molar-refractivity contribution < 1.29 is 14.3 Å². The molecule has 4 nitrogen and oxygen atoms in total. The zero-order valence-corrected chi connectivity index (χ0v) is 9.78. The van der Waals surface area contributed by atoms with Crippen molar-refractivity contribution in [2.45, 2.75) is 6.92 Å². The number of carbonyl (C=O) groups is 1. The Labute approximate surface area is 103 Å². The third-order valence-corrected chi connectivity index (χ3v) is 2.60. The Morgan fingerprint density at radius 3 is 2.71 bits per heavy atom. The topological polar surface area (TPSA) is 62.5 Å². The summed E-state index contributed by atoms with van der Waals surface area (Å²) in [6.45, 7) is 1.90. The van der Waals surface area contributed by atoms with Gasteiger partial charge in [-0.2, -0.15) is 0 Å². The Morgan fingerprint density at radius 2 is 2.12 bits per heavy atom. The molecule has 5 heteroatoms. The SMILES string of the molecule is Cc1cccc(Cl)c1Nc1ccc(C(=O)O)o1. The van der Waals surface area contributed by atoms with Gasteiger partial charge in [0.15, 0.2) is 5.88 Å². The van der Waals surface area contributed by atoms with Crippen molar-refractivity contribution in [3.8, 4) is 0 Å². The fourth-order valence-corrected chi connectivity index (χ4v) is 1.70. The van der Waals surface area contributed by atoms with Gasteiger partial charge in [0.25, 0.3) is 0 Å². The summed E-state index contributed by atoms with van der Waals surface area (Å²) in [5, 5.41) is 12.2. The highest BCUT2D eigenvalue weighted by atomic mass is 35.5. The maximum atomic E-state index is 10.7. The third kappa shape index (κ3) is 2.42. The fraction of sp³-hybridized carbons (Fsp3) is 0.0833. The van der Waals surface area contributed by atoms with Crippen LogP contribution in [0.4, 0.5) is 11.6 Å². The molecule has 0 atom stereocenters. The zero-order valence-electron chi connectivity index (χ0n) is 9.03. The molecule has 2 aromatic rings. The predicted octanol–water partition coefficient (Wildman–Crippen LogP) is 3.68. The number of rotatable bonds is 3. The molecule has 0 amide bonds. The highest BCUT2D eigenvalue weighted by Crippen LogP contribution is 2.29. The van der Waals surface area contributed by atoms with E-state index in [0.717, 1.165) is 5.56 Å². The van der Waals surface area contributed by atoms with E-state index in [0.29, 0.717) is 16.6 Å². The zero-order chi connectivity index (χ0) is 12.4. The summed E-state index contributed by atoms with van der Waals surface area (Å²) in [4.78, 5) is 10.7. The molecule has 2 N–H and O–H groups in total. The van der Waals surface area contributed by atoms with E-state index >= 15 is 0 Å². The van der Waals surface area contributed by atoms with E-state index < -0.39 is 5.97 Å². The lowest BCUT2D eigenvalue weighted by molar-refractivity contribution is 0.0663. The lowest BCUT2D eigenvalue weighted by Crippen LogP contribution is -1.94. The molecule has 0 bridgehead atoms. The van der Waals surface area contributed by atoms with Gasteiger partial charge in [0.05, 0.1) is 10.7 Å². The number of carboxylic acids is 1. The quantitative estimate of drug-likeness (QED) is 0.873. The summed E-state index contributed by atoms with van der Waals surface area (Å²) < 4.78 is 5.09. The van der Waals surface area contributed by atoms with Crippen LogP contribution in [0, 0.1) is 6.92 Å². The largest absolute Gasteiger partial charge is 0.475 e. The van der Waals surface area contributed by atoms with Gasteiger partial charge in [-0.05, 0) is 24.6 Å². The molecule has 0 saturated heterocycles. The van der Waals surface area contributed by atoms with Gasteiger partial charge in [-0.1, -0.05) is 23.7 Å². The lowest BCUT2D eigenvalue weighted by Gasteiger charge is -2.08. The molecule has 0 aliphatic rings. The second-order valence-electron chi connectivity index (χ2n) is 3.53. The van der Waals surface area contributed by atoms with E-state index in [4.69, 9.17) is 21.1 Å². The van der Waals surface area contributed by atoms with Gasteiger partial charge in [0.1, 0.15) is 0 Å². The Kier molecular flexibility index (Phi) is 3.06. The number of para-hydroxylation sites is 1. The summed E-state index contributed by atoms with van der Waals surface area (Å²) in [6, 6.07) is 8.42. The van der Waals surface area contributed by atoms with Crippen LogP contribution in [0.2, 0.25) is 5.02 Å². The molecule has 2 rings (SSSR count). The minimum absolute atomic E-state index is 0.114. The molecule has 88 valence electrons. The predicted molar refractivity (Wildman–Crippen MR) is 65.1 cm³/mol. The average molecular weight is 252 g/mol. The highest BCUT2D eigenvalue weighted by Gasteiger charge is 2.10. The number of carboxylic acid groups (broad SMARTS) is 1. The van der Waals surface area contributed by atoms with E-state index in [9.17, 15) is 4.79 Å². The molecule has 0 spiro atoms. The molecule has 0 unspecified atom stereocenters. The number of hydrogen-bond acceptors (Lipinski definition) is 3. The molecule has 0 radical (unpaired) electrons. The van der Waals surface area contributed by atoms with Gasteiger partial charge in [0, 0.05) is 6.07 Å². The molecule has 1 heterocycles. The number of anilines is 2. The van der Waals surface area contributed by atoms with Crippen LogP contribution in [-0.2, 0) is 0 Å². The standard InChI is InChI=1S/C12H10ClNO3/c1-7-3-2-4-8(13)11(7)14-10-6-5-9(17-10)12(15)16/h2-6,14H,1H3,(H,15,16). The second kappa shape index (κ2) is 4.51. The van der Waals surface area contributed by atoms with Crippen molar-refractivity contribution in [2.24, 2.45) is 0 Å². The molecule has 0 aliphatic carbocycles. The first-order valence-corrected chi connectivity index (χ1v) is 5.31. The molecule has 0 fully saturated rings. The third-order valence-electron chi connectivity index (χ3n) is 2.29. The normalized spacial score (nSPS) is 10.2. The van der Waals surface area contributed by atoms with E-state index in [1.165, 1.54) is 6.07 Å². The lowest BCUT2D eigenvalue weighted by atomic mass is 10.2. The maximum absolute atomic E-state index is 10.7. The van der Waals surface area contributed by atoms with Crippen molar-refractivity contribution in [1.29, 1.82) is 0 Å². The maximum Gasteiger partial charge on any atom is 0.371 e. The molecule has 0 aliphatic heterocycles. The van der Waals surface area contributed by atoms with Crippen molar-refractivity contribution in [3.63, 3.8) is 0 Å². The number of furan rings is 1. The Bertz CT molecular complexity index is 542. The smallest absolute Gasteiger partial charge is 0.371 e. The minimum atomic E-state index is -1.10. The van der Waals surface area contributed by atoms with Crippen LogP contribution in [-0.4, -0.2) is 11.1 Å². The number of nitrogens with one attached hydrogen (secondary N) is 1. The van der Waals surface area contributed by atoms with Crippen molar-refractivity contribution >= 4 is 29.1 Å². The average Bonchev–Trinajstić information content (AvgIpc) is 2.72. The number of aryl methyl sites for hydroxylation is 1. The molecular formula is C12H10ClNO3. The van der Waals surface area contributed by atoms with Crippen LogP contribution >= 0.6 is 11.6 Å². The summed E-state index contributed by atoms with van der Waals surface area (Å²) in [7, 11) is 0. The van der Waals surface area contributed by atoms with Gasteiger partial charge in [-0.25, -0.2) is 4.79 Å². The van der Waals surface area contributed by atoms with Gasteiger partial charge in [0.2, 0.25) is 5.76 Å². The van der Waals surface area contributed by atoms with E-state index in [1.807, 2.05) is 19.1 Å². The van der Waals surface area contributed by atoms with Crippen molar-refractivity contribution in [3.05, 3.63) is 46.7 Å². The monoisotopic (exact) mass is 251 g/mol. The van der Waals surface area contributed by atoms with Crippen LogP contribution in [0.5, 0.6) is 0 Å². The Balaban J connectivity index is 2.28. The molecule has 0 saturated carbocycles. The number of hydrogen-bond donors (Lipinski definition) is 2. The highest BCUT2D eigenvalue weighted by molar-refractivity contribution is 6.33. The van der Waals surface area contributed by atoms with Gasteiger partial charge >= 0.3 is 5.97 Å². The van der Waals surface area contributed by atoms with Crippen molar-refractivity contribution in [1.82, 2.24) is 0 Å². The van der Waals surface area contributed by atoms with Gasteiger partial charge in [-0.15, -0.1) is 0 Å². The van der Waals surface area contributed by atoms with E-state index in [1.54, 1.807) is 12.1 Å². The van der Waals surface area contributed by atoms with E-state index in [-0.39, 0.29) is 5.76 Å². The minimum Gasteiger partial charge on any atom is -0.475 e. The van der Waals surface area contributed by atoms with Crippen LogP contribution < -0.4 is 5.32 Å². The summed E-state index contributed by atoms with van der Waals surface area (Å²) in [6.07, 6.45) is 0. The first kappa shape index (κ1) is 11.5. The van der Waals surface area contributed by atoms with Crippen molar-refractivity contribution in [2.75, 3.05) is 5.32 Å². The van der Waals surface area contributed by atoms with Crippen LogP contribution in [0.3, 0.4) is 0 Å². The molecule has 1 aromatic heterocycles. The Morgan fingerprint density at radius 1 is 1.35 bits per heavy atom. The number of benzene rings is 1. The first-order chi connectivity index (χ1) is 8.08.